The molecular weight excluding hydrogens is 270 g/mol. The molecule has 0 radical (unpaired) electrons. The van der Waals surface area contributed by atoms with Crippen molar-refractivity contribution in [3.63, 3.8) is 0 Å². The summed E-state index contributed by atoms with van der Waals surface area (Å²) in [6.45, 7) is 3.89. The predicted octanol–water partition coefficient (Wildman–Crippen LogP) is 1.48. The average Bonchev–Trinajstić information content (AvgIpc) is 3.00. The van der Waals surface area contributed by atoms with Crippen molar-refractivity contribution >= 4 is 23.3 Å². The van der Waals surface area contributed by atoms with Gasteiger partial charge in [-0.1, -0.05) is 0 Å². The lowest BCUT2D eigenvalue weighted by Crippen LogP contribution is -2.33. The van der Waals surface area contributed by atoms with Crippen LogP contribution in [0.5, 0.6) is 0 Å². The van der Waals surface area contributed by atoms with Crippen LogP contribution in [0.4, 0.5) is 11.4 Å². The number of nitrogens with two attached hydrogens (primary N) is 1. The van der Waals surface area contributed by atoms with Crippen molar-refractivity contribution in [2.75, 3.05) is 37.3 Å². The molecule has 2 rings (SSSR count). The van der Waals surface area contributed by atoms with Gasteiger partial charge in [0.1, 0.15) is 0 Å². The number of anilines is 2. The van der Waals surface area contributed by atoms with Crippen LogP contribution in [-0.4, -0.2) is 43.0 Å². The second-order valence-electron chi connectivity index (χ2n) is 4.96. The normalized spacial score (nSPS) is 14.0. The van der Waals surface area contributed by atoms with Gasteiger partial charge in [0.05, 0.1) is 30.1 Å². The number of benzene rings is 1. The van der Waals surface area contributed by atoms with E-state index >= 15 is 0 Å². The molecule has 6 nitrogen and oxygen atoms in total. The summed E-state index contributed by atoms with van der Waals surface area (Å²) >= 11 is 0. The molecule has 1 heterocycles. The molecule has 1 aliphatic rings. The van der Waals surface area contributed by atoms with Gasteiger partial charge in [0.25, 0.3) is 0 Å². The molecule has 1 aromatic carbocycles. The second-order valence-corrected chi connectivity index (χ2v) is 4.96. The SMILES string of the molecule is CCOC(=O)c1ccc(N)c(NCC(=O)N2CCCC2)c1. The second kappa shape index (κ2) is 6.97. The number of rotatable bonds is 5. The van der Waals surface area contributed by atoms with Crippen LogP contribution >= 0.6 is 0 Å². The van der Waals surface area contributed by atoms with Crippen molar-refractivity contribution in [2.24, 2.45) is 0 Å². The number of nitrogens with zero attached hydrogens (tertiary/aromatic N) is 1. The number of likely N-dealkylation sites (tertiary alicyclic amines) is 1. The molecule has 114 valence electrons. The standard InChI is InChI=1S/C15H21N3O3/c1-2-21-15(20)11-5-6-12(16)13(9-11)17-10-14(19)18-7-3-4-8-18/h5-6,9,17H,2-4,7-8,10,16H2,1H3. The number of ether oxygens (including phenoxy) is 1. The molecule has 21 heavy (non-hydrogen) atoms. The number of carbonyl (C=O) groups excluding carboxylic acids is 2. The Morgan fingerprint density at radius 1 is 1.33 bits per heavy atom. The Morgan fingerprint density at radius 3 is 2.71 bits per heavy atom. The molecule has 3 N–H and O–H groups in total. The first-order valence-electron chi connectivity index (χ1n) is 7.20. The highest BCUT2D eigenvalue weighted by molar-refractivity contribution is 5.92. The van der Waals surface area contributed by atoms with Gasteiger partial charge in [0, 0.05) is 13.1 Å². The smallest absolute Gasteiger partial charge is 0.338 e. The van der Waals surface area contributed by atoms with Crippen molar-refractivity contribution in [1.82, 2.24) is 4.90 Å². The number of nitrogens with one attached hydrogen (secondary N) is 1. The van der Waals surface area contributed by atoms with Gasteiger partial charge in [-0.25, -0.2) is 4.79 Å². The molecule has 0 spiro atoms. The topological polar surface area (TPSA) is 84.7 Å². The number of nitrogen functional groups attached to an aromatic ring is 1. The van der Waals surface area contributed by atoms with Crippen molar-refractivity contribution < 1.29 is 14.3 Å². The molecule has 1 amide bonds. The summed E-state index contributed by atoms with van der Waals surface area (Å²) in [5.74, 6) is -0.347. The van der Waals surface area contributed by atoms with Crippen LogP contribution in [0.25, 0.3) is 0 Å². The summed E-state index contributed by atoms with van der Waals surface area (Å²) in [6, 6.07) is 4.86. The molecule has 1 aromatic rings. The van der Waals surface area contributed by atoms with E-state index in [1.54, 1.807) is 25.1 Å². The third kappa shape index (κ3) is 3.87. The van der Waals surface area contributed by atoms with Gasteiger partial charge >= 0.3 is 5.97 Å². The summed E-state index contributed by atoms with van der Waals surface area (Å²) in [5.41, 5.74) is 7.36. The lowest BCUT2D eigenvalue weighted by atomic mass is 10.1. The summed E-state index contributed by atoms with van der Waals surface area (Å²) in [5, 5.41) is 3.00. The minimum Gasteiger partial charge on any atom is -0.462 e. The first-order valence-corrected chi connectivity index (χ1v) is 7.20. The van der Waals surface area contributed by atoms with E-state index in [0.717, 1.165) is 25.9 Å². The maximum absolute atomic E-state index is 12.0. The summed E-state index contributed by atoms with van der Waals surface area (Å²) in [6.07, 6.45) is 2.12. The van der Waals surface area contributed by atoms with E-state index in [1.807, 2.05) is 4.90 Å². The van der Waals surface area contributed by atoms with E-state index in [-0.39, 0.29) is 12.5 Å². The number of esters is 1. The molecule has 0 unspecified atom stereocenters. The van der Waals surface area contributed by atoms with Gasteiger partial charge in [-0.05, 0) is 38.0 Å². The molecule has 0 bridgehead atoms. The van der Waals surface area contributed by atoms with Crippen molar-refractivity contribution in [2.45, 2.75) is 19.8 Å². The Labute approximate surface area is 124 Å². The van der Waals surface area contributed by atoms with Gasteiger partial charge in [-0.15, -0.1) is 0 Å². The van der Waals surface area contributed by atoms with Gasteiger partial charge in [0.15, 0.2) is 0 Å². The number of hydrogen-bond acceptors (Lipinski definition) is 5. The first-order chi connectivity index (χ1) is 10.1. The zero-order chi connectivity index (χ0) is 15.2. The Hall–Kier alpha value is -2.24. The monoisotopic (exact) mass is 291 g/mol. The number of hydrogen-bond donors (Lipinski definition) is 2. The van der Waals surface area contributed by atoms with Gasteiger partial charge < -0.3 is 20.7 Å². The van der Waals surface area contributed by atoms with Crippen LogP contribution in [0.2, 0.25) is 0 Å². The Bertz CT molecular complexity index is 525. The van der Waals surface area contributed by atoms with Crippen LogP contribution < -0.4 is 11.1 Å². The number of carbonyl (C=O) groups is 2. The molecule has 6 heteroatoms. The fourth-order valence-electron chi connectivity index (χ4n) is 2.30. The fourth-order valence-corrected chi connectivity index (χ4v) is 2.30. The molecule has 0 saturated carbocycles. The lowest BCUT2D eigenvalue weighted by Gasteiger charge is -2.17. The highest BCUT2D eigenvalue weighted by atomic mass is 16.5. The highest BCUT2D eigenvalue weighted by Gasteiger charge is 2.18. The summed E-state index contributed by atoms with van der Waals surface area (Å²) in [7, 11) is 0. The van der Waals surface area contributed by atoms with E-state index in [1.165, 1.54) is 0 Å². The molecule has 0 atom stereocenters. The predicted molar refractivity (Wildman–Crippen MR) is 81.1 cm³/mol. The van der Waals surface area contributed by atoms with Crippen LogP contribution in [0.15, 0.2) is 18.2 Å². The molecule has 1 aliphatic heterocycles. The number of amides is 1. The van der Waals surface area contributed by atoms with Crippen LogP contribution in [0, 0.1) is 0 Å². The van der Waals surface area contributed by atoms with Gasteiger partial charge in [-0.3, -0.25) is 4.79 Å². The maximum Gasteiger partial charge on any atom is 0.338 e. The molecule has 0 aliphatic carbocycles. The van der Waals surface area contributed by atoms with Crippen LogP contribution in [0.1, 0.15) is 30.1 Å². The lowest BCUT2D eigenvalue weighted by molar-refractivity contribution is -0.128. The Morgan fingerprint density at radius 2 is 2.05 bits per heavy atom. The Kier molecular flexibility index (Phi) is 5.03. The quantitative estimate of drug-likeness (QED) is 0.634. The molecule has 0 aromatic heterocycles. The van der Waals surface area contributed by atoms with Crippen LogP contribution in [-0.2, 0) is 9.53 Å². The molecule has 1 saturated heterocycles. The maximum atomic E-state index is 12.0. The van der Waals surface area contributed by atoms with Crippen molar-refractivity contribution in [3.8, 4) is 0 Å². The van der Waals surface area contributed by atoms with E-state index in [9.17, 15) is 9.59 Å². The summed E-state index contributed by atoms with van der Waals surface area (Å²) < 4.78 is 4.95. The van der Waals surface area contributed by atoms with E-state index in [2.05, 4.69) is 5.32 Å². The zero-order valence-corrected chi connectivity index (χ0v) is 12.2. The van der Waals surface area contributed by atoms with Gasteiger partial charge in [0.2, 0.25) is 5.91 Å². The fraction of sp³-hybridized carbons (Fsp3) is 0.467. The van der Waals surface area contributed by atoms with E-state index in [0.29, 0.717) is 23.5 Å². The highest BCUT2D eigenvalue weighted by Crippen LogP contribution is 2.20. The third-order valence-corrected chi connectivity index (χ3v) is 3.45. The minimum atomic E-state index is -0.397. The molecule has 1 fully saturated rings. The van der Waals surface area contributed by atoms with E-state index in [4.69, 9.17) is 10.5 Å². The minimum absolute atomic E-state index is 0.0495. The third-order valence-electron chi connectivity index (χ3n) is 3.45. The van der Waals surface area contributed by atoms with Gasteiger partial charge in [-0.2, -0.15) is 0 Å². The van der Waals surface area contributed by atoms with E-state index < -0.39 is 5.97 Å². The Balaban J connectivity index is 1.99. The zero-order valence-electron chi connectivity index (χ0n) is 12.2. The van der Waals surface area contributed by atoms with Crippen LogP contribution in [0.3, 0.4) is 0 Å². The van der Waals surface area contributed by atoms with Crippen molar-refractivity contribution in [3.05, 3.63) is 23.8 Å². The largest absolute Gasteiger partial charge is 0.462 e. The molecular formula is C15H21N3O3. The average molecular weight is 291 g/mol. The summed E-state index contributed by atoms with van der Waals surface area (Å²) in [4.78, 5) is 25.5. The van der Waals surface area contributed by atoms with Crippen molar-refractivity contribution in [1.29, 1.82) is 0 Å². The first kappa shape index (κ1) is 15.2.